The van der Waals surface area contributed by atoms with E-state index in [-0.39, 0.29) is 58.9 Å². The van der Waals surface area contributed by atoms with Crippen LogP contribution in [0, 0.1) is 17.8 Å². The molecule has 3 atom stereocenters. The molecule has 5 heterocycles. The van der Waals surface area contributed by atoms with Crippen LogP contribution < -0.4 is 21.3 Å². The van der Waals surface area contributed by atoms with Crippen LogP contribution in [0.5, 0.6) is 0 Å². The molecule has 0 bridgehead atoms. The van der Waals surface area contributed by atoms with Gasteiger partial charge >= 0.3 is 0 Å². The molecule has 4 aliphatic heterocycles. The van der Waals surface area contributed by atoms with Crippen LogP contribution in [-0.4, -0.2) is 173 Å². The highest BCUT2D eigenvalue weighted by Gasteiger charge is 2.37. The maximum absolute atomic E-state index is 15.3. The van der Waals surface area contributed by atoms with Gasteiger partial charge in [0.05, 0.1) is 17.8 Å². The van der Waals surface area contributed by atoms with Crippen LogP contribution in [0.4, 0.5) is 4.39 Å². The highest BCUT2D eigenvalue weighted by Crippen LogP contribution is 2.35. The van der Waals surface area contributed by atoms with E-state index >= 15 is 4.39 Å². The molecule has 3 unspecified atom stereocenters. The van der Waals surface area contributed by atoms with Crippen LogP contribution in [-0.2, 0) is 25.6 Å². The van der Waals surface area contributed by atoms with Gasteiger partial charge in [-0.3, -0.25) is 38.6 Å². The first-order valence-corrected chi connectivity index (χ1v) is 27.8. The summed E-state index contributed by atoms with van der Waals surface area (Å²) in [6, 6.07) is 7.31. The topological polar surface area (TPSA) is 163 Å². The molecule has 4 saturated heterocycles. The number of piperidine rings is 2. The second-order valence-electron chi connectivity index (χ2n) is 22.4. The Hall–Kier alpha value is -5.48. The Morgan fingerprint density at radius 3 is 2.19 bits per heavy atom. The number of H-pyrrole nitrogens is 1. The van der Waals surface area contributed by atoms with Gasteiger partial charge in [0, 0.05) is 113 Å². The number of aromatic amines is 1. The number of rotatable bonds is 14. The monoisotopic (exact) mass is 1000 g/mol. The van der Waals surface area contributed by atoms with Gasteiger partial charge in [0.15, 0.2) is 0 Å². The van der Waals surface area contributed by atoms with Crippen molar-refractivity contribution in [3.8, 4) is 0 Å². The van der Waals surface area contributed by atoms with Crippen molar-refractivity contribution in [3.05, 3.63) is 85.2 Å². The Bertz CT molecular complexity index is 2620. The third-order valence-corrected chi connectivity index (χ3v) is 17.3. The molecule has 5 amide bonds. The summed E-state index contributed by atoms with van der Waals surface area (Å²) in [7, 11) is 0. The number of aromatic nitrogens is 2. The van der Waals surface area contributed by atoms with E-state index in [1.54, 1.807) is 11.0 Å². The van der Waals surface area contributed by atoms with Crippen molar-refractivity contribution in [2.45, 2.75) is 121 Å². The van der Waals surface area contributed by atoms with Crippen molar-refractivity contribution in [3.63, 3.8) is 0 Å². The van der Waals surface area contributed by atoms with Crippen molar-refractivity contribution in [2.24, 2.45) is 17.8 Å². The lowest BCUT2D eigenvalue weighted by Crippen LogP contribution is -2.57. The lowest BCUT2D eigenvalue weighted by Gasteiger charge is -2.41. The number of hydrogen-bond acceptors (Lipinski definition) is 9. The molecule has 15 nitrogen and oxygen atoms in total. The summed E-state index contributed by atoms with van der Waals surface area (Å²) in [4.78, 5) is 93.1. The normalized spacial score (nSPS) is 24.1. The zero-order chi connectivity index (χ0) is 50.4. The molecule has 1 aromatic heterocycles. The van der Waals surface area contributed by atoms with Gasteiger partial charge in [-0.1, -0.05) is 49.6 Å². The van der Waals surface area contributed by atoms with Gasteiger partial charge in [0.2, 0.25) is 17.7 Å². The van der Waals surface area contributed by atoms with Gasteiger partial charge in [-0.2, -0.15) is 5.10 Å². The fourth-order valence-corrected chi connectivity index (χ4v) is 12.6. The minimum Gasteiger partial charge on any atom is -0.342 e. The fourth-order valence-electron chi connectivity index (χ4n) is 12.6. The average Bonchev–Trinajstić information content (AvgIpc) is 4.26. The van der Waals surface area contributed by atoms with Gasteiger partial charge in [-0.25, -0.2) is 9.49 Å². The molecule has 4 aliphatic carbocycles. The van der Waals surface area contributed by atoms with E-state index in [9.17, 15) is 28.8 Å². The van der Waals surface area contributed by atoms with Gasteiger partial charge < -0.3 is 24.9 Å². The second-order valence-corrected chi connectivity index (χ2v) is 22.4. The molecule has 10 rings (SSSR count). The second kappa shape index (κ2) is 23.4. The number of allylic oxidation sites excluding steroid dienone is 3. The maximum Gasteiger partial charge on any atom is 0.271 e. The zero-order valence-corrected chi connectivity index (χ0v) is 42.8. The highest BCUT2D eigenvalue weighted by molar-refractivity contribution is 5.98. The minimum atomic E-state index is -1.40. The van der Waals surface area contributed by atoms with Crippen LogP contribution in [0.3, 0.4) is 0 Å². The average molecular weight is 1000 g/mol. The van der Waals surface area contributed by atoms with Crippen LogP contribution >= 0.6 is 0 Å². The first kappa shape index (κ1) is 51.0. The standard InChI is InChI=1S/C57H76FN9O6/c58-49-18-17-41(33-50-46-13-4-5-14-47(46)55(71)61-60-50)32-48(49)56(72)65-30-28-64(29-31-65)52(69)38-62-22-19-40(20-23-62)36-63-24-26-66(27-25-63)57(73)53(42-8-2-1-3-9-42)59-54(70)44-11-6-10-43(35-44)45-12-7-21-67(37-45)51(68)34-39-15-16-39/h6,10-11,13-14,17,32,35,39-40,42,45,49,53H,1-5,7-9,12,15-16,18-31,33-34,36-38H2,(H,59,70)(H,61,71). The summed E-state index contributed by atoms with van der Waals surface area (Å²) < 4.78 is 15.3. The summed E-state index contributed by atoms with van der Waals surface area (Å²) in [5.74, 6) is 1.22. The van der Waals surface area contributed by atoms with E-state index in [0.29, 0.717) is 93.5 Å². The number of hydrogen-bond donors (Lipinski definition) is 2. The Morgan fingerprint density at radius 2 is 1.44 bits per heavy atom. The predicted octanol–water partition coefficient (Wildman–Crippen LogP) is 3.67. The third-order valence-electron chi connectivity index (χ3n) is 17.3. The van der Waals surface area contributed by atoms with E-state index in [2.05, 4.69) is 31.4 Å². The number of nitrogens with one attached hydrogen (secondary N) is 2. The van der Waals surface area contributed by atoms with Crippen LogP contribution in [0.25, 0.3) is 12.2 Å². The molecule has 0 spiro atoms. The number of alkyl halides is 1. The Morgan fingerprint density at radius 1 is 0.712 bits per heavy atom. The first-order valence-electron chi connectivity index (χ1n) is 27.8. The van der Waals surface area contributed by atoms with E-state index in [4.69, 9.17) is 0 Å². The molecule has 16 heteroatoms. The number of piperazine rings is 2. The SMILES string of the molecule is O=C(NC(C(=O)N1CCN(CC2CCN(CC(=O)N3CCN(C(=O)C4=CC(Cc5n[nH]c(=O)c6c5=CCCC=6)=CCC4F)CC3)CC2)CC1)C1CCCCC1)c1cccc(C2CCCN(C(=O)CC3CC3)C2)c1. The van der Waals surface area contributed by atoms with Crippen molar-refractivity contribution in [1.29, 1.82) is 0 Å². The summed E-state index contributed by atoms with van der Waals surface area (Å²) >= 11 is 0. The smallest absolute Gasteiger partial charge is 0.271 e. The Kier molecular flexibility index (Phi) is 16.3. The molecular weight excluding hydrogens is 926 g/mol. The van der Waals surface area contributed by atoms with Crippen molar-refractivity contribution in [1.82, 2.24) is 44.9 Å². The molecule has 2 saturated carbocycles. The summed E-state index contributed by atoms with van der Waals surface area (Å²) in [6.07, 6.45) is 20.2. The Labute approximate surface area is 428 Å². The number of benzene rings is 1. The first-order chi connectivity index (χ1) is 35.5. The largest absolute Gasteiger partial charge is 0.342 e. The highest BCUT2D eigenvalue weighted by atomic mass is 19.1. The summed E-state index contributed by atoms with van der Waals surface area (Å²) in [6.45, 7) is 8.88. The lowest BCUT2D eigenvalue weighted by atomic mass is 9.83. The number of likely N-dealkylation sites (tertiary alicyclic amines) is 2. The molecule has 0 radical (unpaired) electrons. The van der Waals surface area contributed by atoms with Crippen molar-refractivity contribution < 1.29 is 28.4 Å². The van der Waals surface area contributed by atoms with Crippen molar-refractivity contribution in [2.75, 3.05) is 91.6 Å². The number of nitrogens with zero attached hydrogens (tertiary/aromatic N) is 7. The van der Waals surface area contributed by atoms with E-state index < -0.39 is 12.2 Å². The molecular formula is C57H76FN9O6. The molecule has 6 fully saturated rings. The van der Waals surface area contributed by atoms with E-state index in [1.165, 1.54) is 12.8 Å². The Balaban J connectivity index is 0.652. The number of amides is 5. The minimum absolute atomic E-state index is 0.0365. The number of fused-ring (bicyclic) bond motifs is 1. The van der Waals surface area contributed by atoms with Crippen LogP contribution in [0.2, 0.25) is 0 Å². The molecule has 2 N–H and O–H groups in total. The lowest BCUT2D eigenvalue weighted by molar-refractivity contribution is -0.139. The van der Waals surface area contributed by atoms with Gasteiger partial charge in [0.1, 0.15) is 12.2 Å². The van der Waals surface area contributed by atoms with Gasteiger partial charge in [-0.15, -0.1) is 0 Å². The molecule has 73 heavy (non-hydrogen) atoms. The van der Waals surface area contributed by atoms with Gasteiger partial charge in [-0.05, 0) is 124 Å². The third kappa shape index (κ3) is 12.6. The number of halogens is 1. The van der Waals surface area contributed by atoms with E-state index in [0.717, 1.165) is 126 Å². The molecule has 392 valence electrons. The summed E-state index contributed by atoms with van der Waals surface area (Å²) in [5.41, 5.74) is 3.09. The summed E-state index contributed by atoms with van der Waals surface area (Å²) in [5, 5.41) is 11.6. The fraction of sp³-hybridized carbons (Fsp3) is 0.632. The zero-order valence-electron chi connectivity index (χ0n) is 42.8. The van der Waals surface area contributed by atoms with E-state index in [1.807, 2.05) is 51.1 Å². The number of carbonyl (C=O) groups is 5. The van der Waals surface area contributed by atoms with Crippen LogP contribution in [0.1, 0.15) is 124 Å². The maximum atomic E-state index is 15.3. The quantitative estimate of drug-likeness (QED) is 0.288. The number of carbonyl (C=O) groups excluding carboxylic acids is 5. The van der Waals surface area contributed by atoms with Crippen LogP contribution in [0.15, 0.2) is 52.4 Å². The molecule has 2 aromatic rings. The predicted molar refractivity (Wildman–Crippen MR) is 277 cm³/mol. The molecule has 8 aliphatic rings. The molecule has 1 aromatic carbocycles. The van der Waals surface area contributed by atoms with Crippen molar-refractivity contribution >= 4 is 41.7 Å². The van der Waals surface area contributed by atoms with Gasteiger partial charge in [0.25, 0.3) is 17.4 Å².